The van der Waals surface area contributed by atoms with Crippen molar-refractivity contribution in [2.75, 3.05) is 18.9 Å². The van der Waals surface area contributed by atoms with Crippen molar-refractivity contribution in [2.24, 2.45) is 0 Å². The molecule has 1 amide bonds. The van der Waals surface area contributed by atoms with Gasteiger partial charge in [0.25, 0.3) is 0 Å². The quantitative estimate of drug-likeness (QED) is 0.543. The molecule has 1 aromatic heterocycles. The summed E-state index contributed by atoms with van der Waals surface area (Å²) in [6, 6.07) is 11.6. The Bertz CT molecular complexity index is 1230. The molecule has 1 N–H and O–H groups in total. The Morgan fingerprint density at radius 2 is 1.74 bits per heavy atom. The van der Waals surface area contributed by atoms with E-state index in [2.05, 4.69) is 10.3 Å². The highest BCUT2D eigenvalue weighted by Gasteiger charge is 2.23. The molecule has 1 heterocycles. The molecule has 0 saturated heterocycles. The summed E-state index contributed by atoms with van der Waals surface area (Å²) >= 11 is 1.28. The molecule has 9 heteroatoms. The third-order valence-corrected chi connectivity index (χ3v) is 7.46. The Balaban J connectivity index is 1.66. The molecular weight excluding hydrogens is 434 g/mol. The van der Waals surface area contributed by atoms with Crippen LogP contribution in [0.2, 0.25) is 0 Å². The van der Waals surface area contributed by atoms with Crippen LogP contribution in [0.4, 0.5) is 5.13 Å². The molecule has 2 aromatic carbocycles. The van der Waals surface area contributed by atoms with Crippen molar-refractivity contribution in [3.05, 3.63) is 64.5 Å². The van der Waals surface area contributed by atoms with Crippen molar-refractivity contribution in [1.29, 1.82) is 0 Å². The van der Waals surface area contributed by atoms with Crippen LogP contribution in [-0.4, -0.2) is 43.0 Å². The molecule has 0 atom stereocenters. The van der Waals surface area contributed by atoms with Crippen molar-refractivity contribution in [3.63, 3.8) is 0 Å². The summed E-state index contributed by atoms with van der Waals surface area (Å²) in [6.07, 6.45) is 0. The first-order valence-electron chi connectivity index (χ1n) is 9.48. The number of Topliss-reactive ketones (excluding diaryl/α,β-unsaturated/α-hetero) is 1. The standard InChI is InChI=1S/C22H23N3O4S2/c1-14-5-6-18(11-15(14)2)20-13-30-22(23-20)24-21(27)12-25(4)31(28,29)19-9-7-17(8-10-19)16(3)26/h5-11,13H,12H2,1-4H3,(H,23,24,27). The molecule has 0 bridgehead atoms. The van der Waals surface area contributed by atoms with Gasteiger partial charge in [-0.15, -0.1) is 11.3 Å². The highest BCUT2D eigenvalue weighted by Crippen LogP contribution is 2.26. The maximum Gasteiger partial charge on any atom is 0.243 e. The van der Waals surface area contributed by atoms with E-state index < -0.39 is 15.9 Å². The van der Waals surface area contributed by atoms with Crippen molar-refractivity contribution < 1.29 is 18.0 Å². The number of ketones is 1. The summed E-state index contributed by atoms with van der Waals surface area (Å²) in [6.45, 7) is 5.10. The number of sulfonamides is 1. The van der Waals surface area contributed by atoms with E-state index >= 15 is 0 Å². The van der Waals surface area contributed by atoms with Crippen molar-refractivity contribution >= 4 is 38.2 Å². The van der Waals surface area contributed by atoms with Crippen LogP contribution in [0.5, 0.6) is 0 Å². The van der Waals surface area contributed by atoms with Gasteiger partial charge in [0, 0.05) is 23.6 Å². The van der Waals surface area contributed by atoms with Crippen LogP contribution in [0.15, 0.2) is 52.7 Å². The van der Waals surface area contributed by atoms with Crippen LogP contribution in [0.25, 0.3) is 11.3 Å². The molecule has 3 aromatic rings. The Kier molecular flexibility index (Phi) is 6.68. The fraction of sp³-hybridized carbons (Fsp3) is 0.227. The van der Waals surface area contributed by atoms with Crippen LogP contribution in [-0.2, 0) is 14.8 Å². The molecule has 0 saturated carbocycles. The van der Waals surface area contributed by atoms with E-state index in [0.29, 0.717) is 10.7 Å². The third kappa shape index (κ3) is 5.25. The average molecular weight is 458 g/mol. The van der Waals surface area contributed by atoms with E-state index in [-0.39, 0.29) is 17.2 Å². The Hall–Kier alpha value is -2.88. The number of thiazole rings is 1. The summed E-state index contributed by atoms with van der Waals surface area (Å²) in [5, 5.41) is 4.90. The number of carbonyl (C=O) groups excluding carboxylic acids is 2. The fourth-order valence-corrected chi connectivity index (χ4v) is 4.72. The number of nitrogens with one attached hydrogen (secondary N) is 1. The summed E-state index contributed by atoms with van der Waals surface area (Å²) in [4.78, 5) is 28.2. The number of benzene rings is 2. The van der Waals surface area contributed by atoms with Crippen LogP contribution in [0.1, 0.15) is 28.4 Å². The molecule has 0 unspecified atom stereocenters. The summed E-state index contributed by atoms with van der Waals surface area (Å²) in [5.74, 6) is -0.646. The third-order valence-electron chi connectivity index (χ3n) is 4.89. The van der Waals surface area contributed by atoms with E-state index in [1.165, 1.54) is 55.1 Å². The molecule has 0 radical (unpaired) electrons. The van der Waals surface area contributed by atoms with Gasteiger partial charge in [-0.3, -0.25) is 9.59 Å². The number of nitrogens with zero attached hydrogens (tertiary/aromatic N) is 2. The first-order valence-corrected chi connectivity index (χ1v) is 11.8. The van der Waals surface area contributed by atoms with Gasteiger partial charge in [-0.2, -0.15) is 4.31 Å². The second kappa shape index (κ2) is 9.09. The van der Waals surface area contributed by atoms with Crippen LogP contribution in [0, 0.1) is 13.8 Å². The number of carbonyl (C=O) groups is 2. The summed E-state index contributed by atoms with van der Waals surface area (Å²) < 4.78 is 26.4. The minimum atomic E-state index is -3.87. The number of anilines is 1. The number of aryl methyl sites for hydroxylation is 2. The van der Waals surface area contributed by atoms with E-state index in [9.17, 15) is 18.0 Å². The maximum atomic E-state index is 12.7. The predicted octanol–water partition coefficient (Wildman–Crippen LogP) is 3.89. The first-order chi connectivity index (χ1) is 14.6. The van der Waals surface area contributed by atoms with Crippen LogP contribution < -0.4 is 5.32 Å². The fourth-order valence-electron chi connectivity index (χ4n) is 2.85. The lowest BCUT2D eigenvalue weighted by molar-refractivity contribution is -0.116. The van der Waals surface area contributed by atoms with Gasteiger partial charge in [-0.1, -0.05) is 24.3 Å². The van der Waals surface area contributed by atoms with Gasteiger partial charge in [0.2, 0.25) is 15.9 Å². The SMILES string of the molecule is CC(=O)c1ccc(S(=O)(=O)N(C)CC(=O)Nc2nc(-c3ccc(C)c(C)c3)cs2)cc1. The average Bonchev–Trinajstić information content (AvgIpc) is 3.18. The molecule has 0 fully saturated rings. The number of hydrogen-bond donors (Lipinski definition) is 1. The predicted molar refractivity (Wildman–Crippen MR) is 122 cm³/mol. The molecule has 0 aliphatic carbocycles. The van der Waals surface area contributed by atoms with E-state index in [1.54, 1.807) is 0 Å². The number of likely N-dealkylation sites (N-methyl/N-ethyl adjacent to an activating group) is 1. The van der Waals surface area contributed by atoms with Gasteiger partial charge in [0.15, 0.2) is 10.9 Å². The summed E-state index contributed by atoms with van der Waals surface area (Å²) in [5.41, 5.74) is 4.46. The normalized spacial score (nSPS) is 11.5. The van der Waals surface area contributed by atoms with Crippen molar-refractivity contribution in [1.82, 2.24) is 9.29 Å². The first kappa shape index (κ1) is 22.8. The molecule has 3 rings (SSSR count). The van der Waals surface area contributed by atoms with E-state index in [4.69, 9.17) is 0 Å². The molecular formula is C22H23N3O4S2. The lowest BCUT2D eigenvalue weighted by atomic mass is 10.1. The van der Waals surface area contributed by atoms with Gasteiger partial charge in [-0.25, -0.2) is 13.4 Å². The second-order valence-electron chi connectivity index (χ2n) is 7.23. The molecule has 0 aliphatic heterocycles. The Morgan fingerprint density at radius 1 is 1.06 bits per heavy atom. The molecule has 31 heavy (non-hydrogen) atoms. The monoisotopic (exact) mass is 457 g/mol. The topological polar surface area (TPSA) is 96.4 Å². The van der Waals surface area contributed by atoms with E-state index in [0.717, 1.165) is 21.1 Å². The highest BCUT2D eigenvalue weighted by molar-refractivity contribution is 7.89. The maximum absolute atomic E-state index is 12.7. The zero-order chi connectivity index (χ0) is 22.8. The molecule has 162 valence electrons. The number of hydrogen-bond acceptors (Lipinski definition) is 6. The highest BCUT2D eigenvalue weighted by atomic mass is 32.2. The van der Waals surface area contributed by atoms with Crippen molar-refractivity contribution in [2.45, 2.75) is 25.7 Å². The summed E-state index contributed by atoms with van der Waals surface area (Å²) in [7, 11) is -2.54. The Labute approximate surface area is 185 Å². The van der Waals surface area contributed by atoms with Gasteiger partial charge in [0.1, 0.15) is 0 Å². The Morgan fingerprint density at radius 3 is 2.35 bits per heavy atom. The molecule has 7 nitrogen and oxygen atoms in total. The number of aromatic nitrogens is 1. The van der Waals surface area contributed by atoms with Crippen molar-refractivity contribution in [3.8, 4) is 11.3 Å². The smallest absolute Gasteiger partial charge is 0.243 e. The minimum Gasteiger partial charge on any atom is -0.301 e. The lowest BCUT2D eigenvalue weighted by Crippen LogP contribution is -2.34. The van der Waals surface area contributed by atoms with Gasteiger partial charge in [0.05, 0.1) is 17.1 Å². The zero-order valence-corrected chi connectivity index (χ0v) is 19.3. The second-order valence-corrected chi connectivity index (χ2v) is 10.1. The lowest BCUT2D eigenvalue weighted by Gasteiger charge is -2.16. The zero-order valence-electron chi connectivity index (χ0n) is 17.7. The van der Waals surface area contributed by atoms with Gasteiger partial charge >= 0.3 is 0 Å². The van der Waals surface area contributed by atoms with Gasteiger partial charge < -0.3 is 5.32 Å². The van der Waals surface area contributed by atoms with Crippen LogP contribution in [0.3, 0.4) is 0 Å². The minimum absolute atomic E-state index is 0.0130. The molecule has 0 spiro atoms. The number of amides is 1. The van der Waals surface area contributed by atoms with Gasteiger partial charge in [-0.05, 0) is 50.1 Å². The molecule has 0 aliphatic rings. The number of rotatable bonds is 7. The largest absolute Gasteiger partial charge is 0.301 e. The van der Waals surface area contributed by atoms with E-state index in [1.807, 2.05) is 37.4 Å². The van der Waals surface area contributed by atoms with Crippen LogP contribution >= 0.6 is 11.3 Å².